The predicted octanol–water partition coefficient (Wildman–Crippen LogP) is 7.45. The average Bonchev–Trinajstić information content (AvgIpc) is 2.96. The van der Waals surface area contributed by atoms with Crippen LogP contribution < -0.4 is 10.1 Å². The lowest BCUT2D eigenvalue weighted by Crippen LogP contribution is -2.28. The van der Waals surface area contributed by atoms with Crippen molar-refractivity contribution in [2.45, 2.75) is 51.9 Å². The van der Waals surface area contributed by atoms with Crippen LogP contribution in [0.3, 0.4) is 0 Å². The van der Waals surface area contributed by atoms with Gasteiger partial charge in [-0.25, -0.2) is 14.4 Å². The lowest BCUT2D eigenvalue weighted by Gasteiger charge is -2.26. The van der Waals surface area contributed by atoms with Crippen LogP contribution in [0.4, 0.5) is 15.9 Å². The molecule has 5 rings (SSSR count). The van der Waals surface area contributed by atoms with Crippen LogP contribution in [-0.2, 0) is 16.2 Å². The van der Waals surface area contributed by atoms with Crippen molar-refractivity contribution in [2.75, 3.05) is 11.9 Å². The summed E-state index contributed by atoms with van der Waals surface area (Å²) in [5.41, 5.74) is 3.47. The summed E-state index contributed by atoms with van der Waals surface area (Å²) in [6, 6.07) is 17.3. The van der Waals surface area contributed by atoms with E-state index in [4.69, 9.17) is 25.9 Å². The zero-order valence-corrected chi connectivity index (χ0v) is 23.6. The standard InChI is InChI=1S/C32H30ClFN4O3/c1-3-6-29(38-40-19-26-10-4-7-21(2)41-26)23-11-13-30-27(16-23)32(36-20-35-30)37-25-12-14-31(28(33)17-25)39-18-22-8-5-9-24(34)15-22/h5,8-9,11-17,20-21,26H,4,7,10,18-19H2,1-2H3,(H,35,36,37)/b38-29+/t21-,26?/m0/s1. The molecule has 0 radical (unpaired) electrons. The van der Waals surface area contributed by atoms with Gasteiger partial charge in [0, 0.05) is 16.6 Å². The first-order valence-electron chi connectivity index (χ1n) is 13.5. The van der Waals surface area contributed by atoms with Gasteiger partial charge in [0.1, 0.15) is 36.9 Å². The summed E-state index contributed by atoms with van der Waals surface area (Å²) in [6.07, 6.45) is 4.92. The van der Waals surface area contributed by atoms with E-state index >= 15 is 0 Å². The maximum Gasteiger partial charge on any atom is 0.159 e. The number of nitrogens with zero attached hydrogens (tertiary/aromatic N) is 3. The fourth-order valence-electron chi connectivity index (χ4n) is 4.60. The molecule has 2 heterocycles. The lowest BCUT2D eigenvalue weighted by atomic mass is 10.1. The fraction of sp³-hybridized carbons (Fsp3) is 0.281. The highest BCUT2D eigenvalue weighted by Crippen LogP contribution is 2.31. The number of oxime groups is 1. The molecule has 41 heavy (non-hydrogen) atoms. The summed E-state index contributed by atoms with van der Waals surface area (Å²) in [6.45, 7) is 4.42. The van der Waals surface area contributed by atoms with E-state index in [1.807, 2.05) is 24.3 Å². The Labute approximate surface area is 243 Å². The highest BCUT2D eigenvalue weighted by Gasteiger charge is 2.20. The molecule has 1 fully saturated rings. The molecule has 1 N–H and O–H groups in total. The molecule has 2 atom stereocenters. The summed E-state index contributed by atoms with van der Waals surface area (Å²) in [7, 11) is 0. The van der Waals surface area contributed by atoms with E-state index in [-0.39, 0.29) is 24.6 Å². The number of halogens is 2. The van der Waals surface area contributed by atoms with Crippen molar-refractivity contribution in [2.24, 2.45) is 5.16 Å². The van der Waals surface area contributed by atoms with Crippen molar-refractivity contribution < 1.29 is 18.7 Å². The fourth-order valence-corrected chi connectivity index (χ4v) is 4.83. The maximum atomic E-state index is 13.5. The Morgan fingerprint density at radius 3 is 2.85 bits per heavy atom. The number of hydrogen-bond acceptors (Lipinski definition) is 7. The van der Waals surface area contributed by atoms with Gasteiger partial charge in [0.2, 0.25) is 0 Å². The van der Waals surface area contributed by atoms with E-state index in [9.17, 15) is 4.39 Å². The molecule has 4 aromatic rings. The number of aromatic nitrogens is 2. The highest BCUT2D eigenvalue weighted by molar-refractivity contribution is 6.32. The first-order chi connectivity index (χ1) is 20.0. The van der Waals surface area contributed by atoms with Gasteiger partial charge in [-0.2, -0.15) is 0 Å². The van der Waals surface area contributed by atoms with Crippen LogP contribution in [0.15, 0.2) is 72.1 Å². The Kier molecular flexibility index (Phi) is 9.29. The minimum atomic E-state index is -0.312. The number of hydrogen-bond donors (Lipinski definition) is 1. The van der Waals surface area contributed by atoms with E-state index < -0.39 is 0 Å². The molecule has 9 heteroatoms. The predicted molar refractivity (Wildman–Crippen MR) is 159 cm³/mol. The van der Waals surface area contributed by atoms with Crippen molar-refractivity contribution in [1.29, 1.82) is 0 Å². The van der Waals surface area contributed by atoms with Crippen LogP contribution >= 0.6 is 11.6 Å². The maximum absolute atomic E-state index is 13.5. The van der Waals surface area contributed by atoms with E-state index in [2.05, 4.69) is 39.2 Å². The molecule has 0 spiro atoms. The molecule has 1 unspecified atom stereocenters. The Balaban J connectivity index is 1.32. The zero-order valence-electron chi connectivity index (χ0n) is 22.9. The Morgan fingerprint density at radius 1 is 1.15 bits per heavy atom. The van der Waals surface area contributed by atoms with Crippen molar-refractivity contribution in [1.82, 2.24) is 9.97 Å². The first-order valence-corrected chi connectivity index (χ1v) is 13.8. The minimum Gasteiger partial charge on any atom is -0.487 e. The summed E-state index contributed by atoms with van der Waals surface area (Å²) in [4.78, 5) is 14.5. The van der Waals surface area contributed by atoms with Gasteiger partial charge >= 0.3 is 0 Å². The molecule has 0 aliphatic carbocycles. The van der Waals surface area contributed by atoms with Crippen LogP contribution in [0.5, 0.6) is 5.75 Å². The molecule has 7 nitrogen and oxygen atoms in total. The van der Waals surface area contributed by atoms with Gasteiger partial charge in [-0.05, 0) is 93.1 Å². The number of ether oxygens (including phenoxy) is 2. The SMILES string of the molecule is CC#C/C(=N\OCC1CCC[C@H](C)O1)c1ccc2ncnc(Nc3ccc(OCc4cccc(F)c4)c(Cl)c3)c2c1. The molecule has 210 valence electrons. The second kappa shape index (κ2) is 13.4. The van der Waals surface area contributed by atoms with Gasteiger partial charge < -0.3 is 19.6 Å². The first kappa shape index (κ1) is 28.3. The molecule has 1 aliphatic rings. The third kappa shape index (κ3) is 7.51. The third-order valence-electron chi connectivity index (χ3n) is 6.61. The Morgan fingerprint density at radius 2 is 2.05 bits per heavy atom. The van der Waals surface area contributed by atoms with Gasteiger partial charge in [0.05, 0.1) is 22.7 Å². The summed E-state index contributed by atoms with van der Waals surface area (Å²) < 4.78 is 25.2. The smallest absolute Gasteiger partial charge is 0.159 e. The van der Waals surface area contributed by atoms with Crippen molar-refractivity contribution in [3.05, 3.63) is 89.0 Å². The van der Waals surface area contributed by atoms with Crippen LogP contribution in [0.2, 0.25) is 5.02 Å². The zero-order chi connectivity index (χ0) is 28.6. The Hall–Kier alpha value is -4.19. The van der Waals surface area contributed by atoms with Crippen molar-refractivity contribution in [3.63, 3.8) is 0 Å². The number of rotatable bonds is 9. The molecular formula is C32H30ClFN4O3. The average molecular weight is 573 g/mol. The van der Waals surface area contributed by atoms with Gasteiger partial charge in [-0.1, -0.05) is 34.8 Å². The van der Waals surface area contributed by atoms with Gasteiger partial charge in [0.25, 0.3) is 0 Å². The second-order valence-electron chi connectivity index (χ2n) is 9.75. The van der Waals surface area contributed by atoms with E-state index in [1.54, 1.807) is 31.2 Å². The lowest BCUT2D eigenvalue weighted by molar-refractivity contribution is -0.0781. The van der Waals surface area contributed by atoms with Gasteiger partial charge in [-0.3, -0.25) is 0 Å². The van der Waals surface area contributed by atoms with Crippen molar-refractivity contribution >= 4 is 39.7 Å². The molecule has 1 aromatic heterocycles. The van der Waals surface area contributed by atoms with Gasteiger partial charge in [0.15, 0.2) is 5.71 Å². The normalized spacial score (nSPS) is 17.0. The van der Waals surface area contributed by atoms with Crippen LogP contribution in [0.25, 0.3) is 10.9 Å². The number of benzene rings is 3. The summed E-state index contributed by atoms with van der Waals surface area (Å²) in [5.74, 6) is 6.73. The van der Waals surface area contributed by atoms with E-state index in [0.717, 1.165) is 35.7 Å². The van der Waals surface area contributed by atoms with Crippen LogP contribution in [0, 0.1) is 17.7 Å². The largest absolute Gasteiger partial charge is 0.487 e. The quantitative estimate of drug-likeness (QED) is 0.127. The monoisotopic (exact) mass is 572 g/mol. The van der Waals surface area contributed by atoms with Crippen LogP contribution in [0.1, 0.15) is 44.2 Å². The topological polar surface area (TPSA) is 77.9 Å². The molecule has 3 aromatic carbocycles. The molecular weight excluding hydrogens is 543 g/mol. The van der Waals surface area contributed by atoms with Crippen LogP contribution in [-0.4, -0.2) is 34.5 Å². The number of nitrogens with one attached hydrogen (secondary N) is 1. The number of anilines is 2. The molecule has 1 aliphatic heterocycles. The number of fused-ring (bicyclic) bond motifs is 1. The molecule has 0 bridgehead atoms. The Bertz CT molecular complexity index is 1620. The molecule has 0 amide bonds. The summed E-state index contributed by atoms with van der Waals surface area (Å²) >= 11 is 6.50. The summed E-state index contributed by atoms with van der Waals surface area (Å²) in [5, 5.41) is 8.85. The van der Waals surface area contributed by atoms with Crippen molar-refractivity contribution in [3.8, 4) is 17.6 Å². The van der Waals surface area contributed by atoms with E-state index in [0.29, 0.717) is 40.2 Å². The van der Waals surface area contributed by atoms with E-state index in [1.165, 1.54) is 18.5 Å². The minimum absolute atomic E-state index is 0.0316. The highest BCUT2D eigenvalue weighted by atomic mass is 35.5. The second-order valence-corrected chi connectivity index (χ2v) is 10.2. The molecule has 0 saturated carbocycles. The third-order valence-corrected chi connectivity index (χ3v) is 6.90. The van der Waals surface area contributed by atoms with Gasteiger partial charge in [-0.15, -0.1) is 0 Å². The molecule has 1 saturated heterocycles.